The Kier molecular flexibility index (Phi) is 3.96. The highest BCUT2D eigenvalue weighted by atomic mass is 32.1. The molecule has 4 aromatic rings. The molecule has 0 N–H and O–H groups in total. The average molecular weight is 364 g/mol. The summed E-state index contributed by atoms with van der Waals surface area (Å²) in [5, 5.41) is 0. The van der Waals surface area contributed by atoms with Crippen LogP contribution in [0.1, 0.15) is 26.5 Å². The maximum Gasteiger partial charge on any atom is 0.195 e. The van der Waals surface area contributed by atoms with Crippen molar-refractivity contribution in [3.63, 3.8) is 0 Å². The van der Waals surface area contributed by atoms with Crippen LogP contribution < -0.4 is 0 Å². The predicted molar refractivity (Wildman–Crippen MR) is 103 cm³/mol. The van der Waals surface area contributed by atoms with Crippen molar-refractivity contribution >= 4 is 22.6 Å². The number of hydrogen-bond donors (Lipinski definition) is 0. The molecule has 0 saturated heterocycles. The number of rotatable bonds is 3. The molecule has 0 aliphatic carbocycles. The maximum atomic E-state index is 13.3. The second-order valence-corrected chi connectivity index (χ2v) is 7.60. The minimum Gasteiger partial charge on any atom is -0.296 e. The number of fused-ring (bicyclic) bond motifs is 1. The lowest BCUT2D eigenvalue weighted by Gasteiger charge is -2.09. The molecule has 0 aliphatic rings. The van der Waals surface area contributed by atoms with Crippen LogP contribution in [0, 0.1) is 26.6 Å². The van der Waals surface area contributed by atoms with E-state index in [1.807, 2.05) is 11.3 Å². The van der Waals surface area contributed by atoms with Crippen molar-refractivity contribution in [2.45, 2.75) is 20.8 Å². The van der Waals surface area contributed by atoms with Crippen LogP contribution in [-0.4, -0.2) is 15.7 Å². The number of benzene rings is 2. The zero-order chi connectivity index (χ0) is 18.4. The minimum atomic E-state index is -0.311. The number of carbonyl (C=O) groups is 1. The molecule has 2 heterocycles. The van der Waals surface area contributed by atoms with Gasteiger partial charge in [0.25, 0.3) is 0 Å². The summed E-state index contributed by atoms with van der Waals surface area (Å²) >= 11 is 1.55. The van der Waals surface area contributed by atoms with Crippen molar-refractivity contribution in [2.75, 3.05) is 0 Å². The zero-order valence-corrected chi connectivity index (χ0v) is 15.5. The van der Waals surface area contributed by atoms with E-state index in [2.05, 4.69) is 37.0 Å². The van der Waals surface area contributed by atoms with Crippen LogP contribution in [0.2, 0.25) is 0 Å². The van der Waals surface area contributed by atoms with Gasteiger partial charge in [0.15, 0.2) is 11.2 Å². The number of halogens is 1. The first kappa shape index (κ1) is 16.7. The first-order valence-corrected chi connectivity index (χ1v) is 9.12. The van der Waals surface area contributed by atoms with Gasteiger partial charge in [-0.25, -0.2) is 9.37 Å². The fraction of sp³-hybridized carbons (Fsp3) is 0.143. The lowest BCUT2D eigenvalue weighted by Crippen LogP contribution is -1.97. The van der Waals surface area contributed by atoms with Crippen LogP contribution in [0.25, 0.3) is 27.5 Å². The van der Waals surface area contributed by atoms with Gasteiger partial charge in [0, 0.05) is 16.0 Å². The van der Waals surface area contributed by atoms with E-state index in [0.29, 0.717) is 11.4 Å². The Labute approximate surface area is 154 Å². The Morgan fingerprint density at radius 3 is 2.46 bits per heavy atom. The standard InChI is InChI=1S/C21H17FN2OS/c1-12-4-9-17(13(2)10-12)20-14(3)26-21-23-19(18(11-25)24(20)21)15-5-7-16(22)8-6-15/h4-11H,1-3H3. The summed E-state index contributed by atoms with van der Waals surface area (Å²) < 4.78 is 15.2. The van der Waals surface area contributed by atoms with Gasteiger partial charge in [-0.15, -0.1) is 11.3 Å². The zero-order valence-electron chi connectivity index (χ0n) is 14.7. The van der Waals surface area contributed by atoms with Crippen LogP contribution in [0.15, 0.2) is 42.5 Å². The molecule has 0 amide bonds. The summed E-state index contributed by atoms with van der Waals surface area (Å²) in [5.41, 5.74) is 6.23. The second-order valence-electron chi connectivity index (χ2n) is 6.41. The Bertz CT molecular complexity index is 1140. The summed E-state index contributed by atoms with van der Waals surface area (Å²) in [5.74, 6) is -0.311. The molecule has 130 valence electrons. The van der Waals surface area contributed by atoms with Gasteiger partial charge in [-0.2, -0.15) is 0 Å². The normalized spacial score (nSPS) is 11.2. The van der Waals surface area contributed by atoms with Gasteiger partial charge in [-0.3, -0.25) is 9.20 Å². The number of thiazole rings is 1. The second kappa shape index (κ2) is 6.18. The van der Waals surface area contributed by atoms with Crippen molar-refractivity contribution in [1.29, 1.82) is 0 Å². The molecular weight excluding hydrogens is 347 g/mol. The van der Waals surface area contributed by atoms with Crippen LogP contribution in [0.3, 0.4) is 0 Å². The topological polar surface area (TPSA) is 34.4 Å². The molecular formula is C21H17FN2OS. The average Bonchev–Trinajstić information content (AvgIpc) is 3.10. The van der Waals surface area contributed by atoms with E-state index in [9.17, 15) is 9.18 Å². The minimum absolute atomic E-state index is 0.311. The number of aromatic nitrogens is 2. The van der Waals surface area contributed by atoms with Crippen molar-refractivity contribution in [3.05, 3.63) is 70.0 Å². The summed E-state index contributed by atoms with van der Waals surface area (Å²) in [6, 6.07) is 12.4. The van der Waals surface area contributed by atoms with Crippen LogP contribution in [-0.2, 0) is 0 Å². The van der Waals surface area contributed by atoms with Crippen molar-refractivity contribution in [1.82, 2.24) is 9.38 Å². The number of hydrogen-bond acceptors (Lipinski definition) is 3. The Hall–Kier alpha value is -2.79. The van der Waals surface area contributed by atoms with Gasteiger partial charge in [0.05, 0.1) is 5.69 Å². The van der Waals surface area contributed by atoms with E-state index in [-0.39, 0.29) is 5.82 Å². The highest BCUT2D eigenvalue weighted by molar-refractivity contribution is 7.17. The van der Waals surface area contributed by atoms with E-state index < -0.39 is 0 Å². The molecule has 4 rings (SSSR count). The third-order valence-corrected chi connectivity index (χ3v) is 5.51. The van der Waals surface area contributed by atoms with Gasteiger partial charge in [-0.1, -0.05) is 23.8 Å². The molecule has 0 aliphatic heterocycles. The lowest BCUT2D eigenvalue weighted by atomic mass is 10.0. The van der Waals surface area contributed by atoms with Crippen molar-refractivity contribution < 1.29 is 9.18 Å². The molecule has 3 nitrogen and oxygen atoms in total. The van der Waals surface area contributed by atoms with E-state index in [1.165, 1.54) is 17.7 Å². The summed E-state index contributed by atoms with van der Waals surface area (Å²) in [7, 11) is 0. The Morgan fingerprint density at radius 1 is 1.08 bits per heavy atom. The number of carbonyl (C=O) groups excluding carboxylic acids is 1. The first-order chi connectivity index (χ1) is 12.5. The van der Waals surface area contributed by atoms with Gasteiger partial charge >= 0.3 is 0 Å². The molecule has 0 atom stereocenters. The van der Waals surface area contributed by atoms with Crippen LogP contribution >= 0.6 is 11.3 Å². The van der Waals surface area contributed by atoms with Crippen LogP contribution in [0.4, 0.5) is 4.39 Å². The molecule has 0 radical (unpaired) electrons. The van der Waals surface area contributed by atoms with E-state index in [4.69, 9.17) is 0 Å². The van der Waals surface area contributed by atoms with E-state index in [1.54, 1.807) is 23.5 Å². The predicted octanol–water partition coefficient (Wildman–Crippen LogP) is 5.61. The number of aldehydes is 1. The third kappa shape index (κ3) is 2.56. The molecule has 2 aromatic heterocycles. The third-order valence-electron chi connectivity index (χ3n) is 4.55. The highest BCUT2D eigenvalue weighted by Gasteiger charge is 2.21. The largest absolute Gasteiger partial charge is 0.296 e. The molecule has 5 heteroatoms. The fourth-order valence-electron chi connectivity index (χ4n) is 3.36. The Morgan fingerprint density at radius 2 is 1.81 bits per heavy atom. The van der Waals surface area contributed by atoms with Gasteiger partial charge in [0.1, 0.15) is 17.2 Å². The maximum absolute atomic E-state index is 13.3. The van der Waals surface area contributed by atoms with E-state index >= 15 is 0 Å². The molecule has 0 unspecified atom stereocenters. The molecule has 0 bridgehead atoms. The molecule has 2 aromatic carbocycles. The number of aryl methyl sites for hydroxylation is 3. The number of nitrogens with zero attached hydrogens (tertiary/aromatic N) is 2. The highest BCUT2D eigenvalue weighted by Crippen LogP contribution is 2.37. The number of imidazole rings is 1. The van der Waals surface area contributed by atoms with Gasteiger partial charge in [-0.05, 0) is 50.6 Å². The summed E-state index contributed by atoms with van der Waals surface area (Å²) in [4.78, 5) is 18.5. The van der Waals surface area contributed by atoms with E-state index in [0.717, 1.165) is 38.5 Å². The SMILES string of the molecule is Cc1ccc(-c2c(C)sc3nc(-c4ccc(F)cc4)c(C=O)n23)c(C)c1. The first-order valence-electron chi connectivity index (χ1n) is 8.30. The van der Waals surface area contributed by atoms with Crippen molar-refractivity contribution in [2.24, 2.45) is 0 Å². The molecule has 0 spiro atoms. The fourth-order valence-corrected chi connectivity index (χ4v) is 4.35. The lowest BCUT2D eigenvalue weighted by molar-refractivity contribution is 0.111. The monoisotopic (exact) mass is 364 g/mol. The summed E-state index contributed by atoms with van der Waals surface area (Å²) in [6.45, 7) is 6.18. The quantitative estimate of drug-likeness (QED) is 0.443. The summed E-state index contributed by atoms with van der Waals surface area (Å²) in [6.07, 6.45) is 0.831. The van der Waals surface area contributed by atoms with Gasteiger partial charge < -0.3 is 0 Å². The molecule has 26 heavy (non-hydrogen) atoms. The molecule has 0 saturated carbocycles. The van der Waals surface area contributed by atoms with Crippen molar-refractivity contribution in [3.8, 4) is 22.5 Å². The van der Waals surface area contributed by atoms with Crippen LogP contribution in [0.5, 0.6) is 0 Å². The smallest absolute Gasteiger partial charge is 0.195 e. The Balaban J connectivity index is 2.02. The van der Waals surface area contributed by atoms with Gasteiger partial charge in [0.2, 0.25) is 0 Å². The molecule has 0 fully saturated rings.